The van der Waals surface area contributed by atoms with Crippen LogP contribution in [-0.4, -0.2) is 43.6 Å². The number of aliphatic imine (C=N–C) groups is 1. The highest BCUT2D eigenvalue weighted by atomic mass is 16.6. The molecule has 1 aromatic rings. The standard InChI is InChI=1S/C19H18N2O3/c1-2-4-14-12(3-1)19(18-20-5-6-21(14)18)11-24-15-10-17-16(9-13(15)19)22-7-8-23-17/h3-4,9-10H,1-2,5-8,11H2. The van der Waals surface area contributed by atoms with Crippen molar-refractivity contribution in [3.05, 3.63) is 41.1 Å². The van der Waals surface area contributed by atoms with Gasteiger partial charge in [0.15, 0.2) is 11.5 Å². The molecule has 4 heterocycles. The van der Waals surface area contributed by atoms with Crippen molar-refractivity contribution in [1.29, 1.82) is 0 Å². The molecular weight excluding hydrogens is 304 g/mol. The van der Waals surface area contributed by atoms with Gasteiger partial charge in [0.1, 0.15) is 36.8 Å². The zero-order valence-electron chi connectivity index (χ0n) is 13.4. The van der Waals surface area contributed by atoms with Gasteiger partial charge < -0.3 is 19.1 Å². The van der Waals surface area contributed by atoms with Gasteiger partial charge in [-0.05, 0) is 24.5 Å². The molecule has 0 N–H and O–H groups in total. The first kappa shape index (κ1) is 12.9. The van der Waals surface area contributed by atoms with Crippen LogP contribution in [0.1, 0.15) is 18.4 Å². The lowest BCUT2D eigenvalue weighted by Crippen LogP contribution is -2.38. The van der Waals surface area contributed by atoms with E-state index in [1.807, 2.05) is 6.07 Å². The molecule has 1 atom stereocenters. The van der Waals surface area contributed by atoms with Crippen molar-refractivity contribution in [2.75, 3.05) is 32.9 Å². The molecule has 1 saturated heterocycles. The summed E-state index contributed by atoms with van der Waals surface area (Å²) in [4.78, 5) is 7.27. The highest BCUT2D eigenvalue weighted by Gasteiger charge is 2.58. The summed E-state index contributed by atoms with van der Waals surface area (Å²) in [6, 6.07) is 4.11. The Morgan fingerprint density at radius 1 is 0.958 bits per heavy atom. The lowest BCUT2D eigenvalue weighted by atomic mass is 9.74. The Hall–Kier alpha value is -2.43. The highest BCUT2D eigenvalue weighted by molar-refractivity contribution is 6.05. The Morgan fingerprint density at radius 3 is 2.71 bits per heavy atom. The molecule has 1 unspecified atom stereocenters. The minimum Gasteiger partial charge on any atom is -0.491 e. The third kappa shape index (κ3) is 1.39. The van der Waals surface area contributed by atoms with Crippen LogP contribution in [0, 0.1) is 0 Å². The van der Waals surface area contributed by atoms with Crippen LogP contribution < -0.4 is 14.2 Å². The average Bonchev–Trinajstić information content (AvgIpc) is 3.30. The van der Waals surface area contributed by atoms with Gasteiger partial charge in [0.05, 0.1) is 6.54 Å². The first-order valence-corrected chi connectivity index (χ1v) is 8.68. The summed E-state index contributed by atoms with van der Waals surface area (Å²) in [6.45, 7) is 3.64. The second-order valence-electron chi connectivity index (χ2n) is 6.83. The fourth-order valence-corrected chi connectivity index (χ4v) is 4.67. The van der Waals surface area contributed by atoms with Crippen molar-refractivity contribution in [1.82, 2.24) is 4.90 Å². The normalized spacial score (nSPS) is 28.7. The quantitative estimate of drug-likeness (QED) is 0.736. The minimum atomic E-state index is -0.270. The Kier molecular flexibility index (Phi) is 2.34. The van der Waals surface area contributed by atoms with Crippen LogP contribution in [0.5, 0.6) is 17.2 Å². The molecule has 1 fully saturated rings. The molecule has 5 nitrogen and oxygen atoms in total. The summed E-state index contributed by atoms with van der Waals surface area (Å²) in [5, 5.41) is 0. The van der Waals surface area contributed by atoms with E-state index in [4.69, 9.17) is 19.2 Å². The third-order valence-corrected chi connectivity index (χ3v) is 5.65. The molecule has 0 radical (unpaired) electrons. The molecule has 1 aromatic carbocycles. The van der Waals surface area contributed by atoms with Crippen LogP contribution in [0.2, 0.25) is 0 Å². The van der Waals surface area contributed by atoms with Crippen molar-refractivity contribution in [3.8, 4) is 17.2 Å². The van der Waals surface area contributed by atoms with Gasteiger partial charge in [0.2, 0.25) is 0 Å². The predicted molar refractivity (Wildman–Crippen MR) is 89.0 cm³/mol. The van der Waals surface area contributed by atoms with E-state index in [0.29, 0.717) is 19.8 Å². The topological polar surface area (TPSA) is 43.3 Å². The zero-order valence-corrected chi connectivity index (χ0v) is 13.4. The number of rotatable bonds is 0. The molecule has 1 aliphatic carbocycles. The van der Waals surface area contributed by atoms with E-state index in [9.17, 15) is 0 Å². The number of fused-ring (bicyclic) bond motifs is 8. The van der Waals surface area contributed by atoms with E-state index in [2.05, 4.69) is 23.1 Å². The van der Waals surface area contributed by atoms with E-state index in [1.165, 1.54) is 16.8 Å². The largest absolute Gasteiger partial charge is 0.491 e. The minimum absolute atomic E-state index is 0.270. The van der Waals surface area contributed by atoms with Crippen LogP contribution in [0.15, 0.2) is 40.5 Å². The number of amidine groups is 1. The maximum absolute atomic E-state index is 6.15. The van der Waals surface area contributed by atoms with Gasteiger partial charge in [0, 0.05) is 23.9 Å². The SMILES string of the molecule is C1=C2C(=CCC1)C1(COc3cc4c(cc31)OCCO4)C1=NCCN21. The molecule has 0 saturated carbocycles. The molecule has 24 heavy (non-hydrogen) atoms. The summed E-state index contributed by atoms with van der Waals surface area (Å²) in [7, 11) is 0. The highest BCUT2D eigenvalue weighted by Crippen LogP contribution is 2.56. The van der Waals surface area contributed by atoms with E-state index in [0.717, 1.165) is 49.0 Å². The summed E-state index contributed by atoms with van der Waals surface area (Å²) >= 11 is 0. The number of benzene rings is 1. The van der Waals surface area contributed by atoms with Gasteiger partial charge in [-0.15, -0.1) is 0 Å². The lowest BCUT2D eigenvalue weighted by Gasteiger charge is -2.26. The Balaban J connectivity index is 1.61. The Bertz CT molecular complexity index is 854. The fraction of sp³-hybridized carbons (Fsp3) is 0.421. The van der Waals surface area contributed by atoms with E-state index in [1.54, 1.807) is 0 Å². The molecule has 0 bridgehead atoms. The van der Waals surface area contributed by atoms with Crippen LogP contribution in [0.4, 0.5) is 0 Å². The second-order valence-corrected chi connectivity index (χ2v) is 6.83. The molecule has 0 aromatic heterocycles. The van der Waals surface area contributed by atoms with Crippen molar-refractivity contribution in [3.63, 3.8) is 0 Å². The third-order valence-electron chi connectivity index (χ3n) is 5.65. The smallest absolute Gasteiger partial charge is 0.165 e. The first-order valence-electron chi connectivity index (χ1n) is 8.68. The number of hydrogen-bond donors (Lipinski definition) is 0. The Labute approximate surface area is 140 Å². The number of allylic oxidation sites excluding steroid dienone is 3. The average molecular weight is 322 g/mol. The summed E-state index contributed by atoms with van der Waals surface area (Å²) in [5.74, 6) is 3.66. The van der Waals surface area contributed by atoms with Gasteiger partial charge in [-0.1, -0.05) is 12.2 Å². The maximum atomic E-state index is 6.15. The first-order chi connectivity index (χ1) is 11.9. The molecule has 1 spiro atoms. The van der Waals surface area contributed by atoms with Crippen LogP contribution in [0.25, 0.3) is 0 Å². The van der Waals surface area contributed by atoms with Gasteiger partial charge in [-0.3, -0.25) is 4.99 Å². The molecule has 5 aliphatic rings. The number of hydrogen-bond acceptors (Lipinski definition) is 5. The summed E-state index contributed by atoms with van der Waals surface area (Å²) in [5.41, 5.74) is 3.61. The van der Waals surface area contributed by atoms with Gasteiger partial charge in [-0.2, -0.15) is 0 Å². The van der Waals surface area contributed by atoms with Crippen molar-refractivity contribution < 1.29 is 14.2 Å². The fourth-order valence-electron chi connectivity index (χ4n) is 4.67. The summed E-state index contributed by atoms with van der Waals surface area (Å²) in [6.07, 6.45) is 6.93. The van der Waals surface area contributed by atoms with Gasteiger partial charge in [-0.25, -0.2) is 0 Å². The molecule has 0 amide bonds. The summed E-state index contributed by atoms with van der Waals surface area (Å²) < 4.78 is 17.7. The maximum Gasteiger partial charge on any atom is 0.165 e. The zero-order chi connectivity index (χ0) is 15.7. The molecule has 6 rings (SSSR count). The number of nitrogens with zero attached hydrogens (tertiary/aromatic N) is 2. The van der Waals surface area contributed by atoms with Gasteiger partial charge in [0.25, 0.3) is 0 Å². The van der Waals surface area contributed by atoms with Crippen molar-refractivity contribution in [2.24, 2.45) is 4.99 Å². The second kappa shape index (κ2) is 4.35. The molecule has 4 aliphatic heterocycles. The molecular formula is C19H18N2O3. The van der Waals surface area contributed by atoms with Crippen LogP contribution in [-0.2, 0) is 5.41 Å². The number of ether oxygens (including phenoxy) is 3. The van der Waals surface area contributed by atoms with Crippen LogP contribution >= 0.6 is 0 Å². The van der Waals surface area contributed by atoms with E-state index < -0.39 is 0 Å². The van der Waals surface area contributed by atoms with Gasteiger partial charge >= 0.3 is 0 Å². The monoisotopic (exact) mass is 322 g/mol. The van der Waals surface area contributed by atoms with Crippen molar-refractivity contribution in [2.45, 2.75) is 18.3 Å². The molecule has 5 heteroatoms. The van der Waals surface area contributed by atoms with Crippen molar-refractivity contribution >= 4 is 5.84 Å². The lowest BCUT2D eigenvalue weighted by molar-refractivity contribution is 0.171. The van der Waals surface area contributed by atoms with Crippen LogP contribution in [0.3, 0.4) is 0 Å². The van der Waals surface area contributed by atoms with E-state index in [-0.39, 0.29) is 5.41 Å². The Morgan fingerprint density at radius 2 is 1.79 bits per heavy atom. The predicted octanol–water partition coefficient (Wildman–Crippen LogP) is 2.42. The molecule has 122 valence electrons. The van der Waals surface area contributed by atoms with E-state index >= 15 is 0 Å².